The number of benzene rings is 1. The van der Waals surface area contributed by atoms with Gasteiger partial charge in [-0.1, -0.05) is 23.7 Å². The Balaban J connectivity index is 0.00000312. The fourth-order valence-electron chi connectivity index (χ4n) is 2.18. The molecule has 4 nitrogen and oxygen atoms in total. The molecule has 1 unspecified atom stereocenters. The van der Waals surface area contributed by atoms with E-state index in [9.17, 15) is 9.50 Å². The number of aliphatic imine (C=N–C) groups is 1. The number of aliphatic hydroxyl groups excluding tert-OH is 1. The Morgan fingerprint density at radius 2 is 2.00 bits per heavy atom. The maximum atomic E-state index is 12.9. The lowest BCUT2D eigenvalue weighted by molar-refractivity contribution is 0.186. The van der Waals surface area contributed by atoms with Crippen molar-refractivity contribution in [1.82, 2.24) is 10.2 Å². The summed E-state index contributed by atoms with van der Waals surface area (Å²) in [6.45, 7) is 3.59. The molecule has 1 aromatic carbocycles. The zero-order chi connectivity index (χ0) is 17.5. The maximum absolute atomic E-state index is 12.9. The van der Waals surface area contributed by atoms with Crippen LogP contribution in [0.2, 0.25) is 4.34 Å². The Morgan fingerprint density at radius 1 is 1.32 bits per heavy atom. The lowest BCUT2D eigenvalue weighted by atomic mass is 10.1. The van der Waals surface area contributed by atoms with Gasteiger partial charge in [-0.3, -0.25) is 4.99 Å². The normalized spacial score (nSPS) is 12.4. The highest BCUT2D eigenvalue weighted by atomic mass is 127. The Labute approximate surface area is 173 Å². The van der Waals surface area contributed by atoms with Crippen molar-refractivity contribution in [3.05, 3.63) is 57.0 Å². The van der Waals surface area contributed by atoms with Gasteiger partial charge < -0.3 is 15.3 Å². The van der Waals surface area contributed by atoms with Crippen molar-refractivity contribution in [2.24, 2.45) is 4.99 Å². The molecule has 2 aromatic rings. The molecule has 1 atom stereocenters. The molecule has 0 bridgehead atoms. The summed E-state index contributed by atoms with van der Waals surface area (Å²) in [6, 6.07) is 9.66. The molecule has 0 spiro atoms. The highest BCUT2D eigenvalue weighted by molar-refractivity contribution is 14.0. The molecule has 0 saturated heterocycles. The summed E-state index contributed by atoms with van der Waals surface area (Å²) in [5, 5.41) is 13.4. The minimum absolute atomic E-state index is 0. The van der Waals surface area contributed by atoms with Crippen LogP contribution in [-0.4, -0.2) is 36.1 Å². The van der Waals surface area contributed by atoms with Crippen LogP contribution in [0.15, 0.2) is 41.4 Å². The monoisotopic (exact) mass is 497 g/mol. The minimum atomic E-state index is -0.774. The summed E-state index contributed by atoms with van der Waals surface area (Å²) in [7, 11) is 1.93. The first kappa shape index (κ1) is 22.1. The van der Waals surface area contributed by atoms with Crippen molar-refractivity contribution in [3.63, 3.8) is 0 Å². The second-order valence-electron chi connectivity index (χ2n) is 5.32. The molecule has 0 radical (unpaired) electrons. The average Bonchev–Trinajstić information content (AvgIpc) is 2.96. The third-order valence-corrected chi connectivity index (χ3v) is 4.60. The van der Waals surface area contributed by atoms with Crippen molar-refractivity contribution in [1.29, 1.82) is 0 Å². The molecule has 0 saturated carbocycles. The van der Waals surface area contributed by atoms with Gasteiger partial charge in [0, 0.05) is 18.5 Å². The van der Waals surface area contributed by atoms with Gasteiger partial charge in [0.05, 0.1) is 23.5 Å². The predicted octanol–water partition coefficient (Wildman–Crippen LogP) is 4.29. The summed E-state index contributed by atoms with van der Waals surface area (Å²) in [6.07, 6.45) is -0.774. The van der Waals surface area contributed by atoms with Gasteiger partial charge in [-0.25, -0.2) is 4.39 Å². The van der Waals surface area contributed by atoms with E-state index in [-0.39, 0.29) is 36.3 Å². The van der Waals surface area contributed by atoms with Crippen LogP contribution in [0.3, 0.4) is 0 Å². The lowest BCUT2D eigenvalue weighted by Crippen LogP contribution is -2.38. The van der Waals surface area contributed by atoms with Crippen molar-refractivity contribution in [2.45, 2.75) is 19.6 Å². The summed E-state index contributed by atoms with van der Waals surface area (Å²) >= 11 is 7.49. The van der Waals surface area contributed by atoms with E-state index in [1.807, 2.05) is 31.0 Å². The van der Waals surface area contributed by atoms with E-state index in [1.54, 1.807) is 12.1 Å². The van der Waals surface area contributed by atoms with E-state index in [0.717, 1.165) is 15.8 Å². The van der Waals surface area contributed by atoms with Crippen molar-refractivity contribution in [3.8, 4) is 0 Å². The van der Waals surface area contributed by atoms with Gasteiger partial charge in [0.2, 0.25) is 0 Å². The van der Waals surface area contributed by atoms with Crippen LogP contribution in [0.25, 0.3) is 0 Å². The highest BCUT2D eigenvalue weighted by Gasteiger charge is 2.11. The molecule has 0 amide bonds. The predicted molar refractivity (Wildman–Crippen MR) is 114 cm³/mol. The SMILES string of the molecule is CCNC(=NCC(O)c1ccc(F)cc1)N(C)Cc1ccc(Cl)s1.I. The molecule has 138 valence electrons. The molecule has 0 aliphatic rings. The van der Waals surface area contributed by atoms with Gasteiger partial charge in [-0.15, -0.1) is 35.3 Å². The van der Waals surface area contributed by atoms with E-state index in [1.165, 1.54) is 23.5 Å². The smallest absolute Gasteiger partial charge is 0.194 e. The molecule has 0 aliphatic heterocycles. The molecular formula is C17H22ClFIN3OS. The van der Waals surface area contributed by atoms with Crippen molar-refractivity contribution < 1.29 is 9.50 Å². The lowest BCUT2D eigenvalue weighted by Gasteiger charge is -2.22. The quantitative estimate of drug-likeness (QED) is 0.356. The summed E-state index contributed by atoms with van der Waals surface area (Å²) < 4.78 is 13.7. The first-order chi connectivity index (χ1) is 11.5. The molecule has 1 heterocycles. The molecule has 8 heteroatoms. The van der Waals surface area contributed by atoms with Crippen LogP contribution < -0.4 is 5.32 Å². The van der Waals surface area contributed by atoms with Crippen molar-refractivity contribution >= 4 is 52.9 Å². The average molecular weight is 498 g/mol. The molecular weight excluding hydrogens is 476 g/mol. The highest BCUT2D eigenvalue weighted by Crippen LogP contribution is 2.22. The zero-order valence-corrected chi connectivity index (χ0v) is 18.0. The van der Waals surface area contributed by atoms with Crippen LogP contribution in [0.4, 0.5) is 4.39 Å². The first-order valence-corrected chi connectivity index (χ1v) is 8.86. The third kappa shape index (κ3) is 7.08. The van der Waals surface area contributed by atoms with Gasteiger partial charge in [0.25, 0.3) is 0 Å². The number of hydrogen-bond donors (Lipinski definition) is 2. The van der Waals surface area contributed by atoms with E-state index < -0.39 is 6.10 Å². The Morgan fingerprint density at radius 3 is 2.56 bits per heavy atom. The largest absolute Gasteiger partial charge is 0.386 e. The third-order valence-electron chi connectivity index (χ3n) is 3.39. The summed E-state index contributed by atoms with van der Waals surface area (Å²) in [5.41, 5.74) is 0.642. The topological polar surface area (TPSA) is 47.9 Å². The number of rotatable bonds is 6. The van der Waals surface area contributed by atoms with Gasteiger partial charge in [-0.2, -0.15) is 0 Å². The van der Waals surface area contributed by atoms with Gasteiger partial charge in [0.15, 0.2) is 5.96 Å². The number of guanidine groups is 1. The molecule has 0 aliphatic carbocycles. The fourth-order valence-corrected chi connectivity index (χ4v) is 3.32. The number of hydrogen-bond acceptors (Lipinski definition) is 3. The Bertz CT molecular complexity index is 681. The van der Waals surface area contributed by atoms with E-state index in [4.69, 9.17) is 11.6 Å². The van der Waals surface area contributed by atoms with Crippen LogP contribution in [-0.2, 0) is 6.54 Å². The second kappa shape index (κ2) is 10.9. The number of thiophene rings is 1. The molecule has 25 heavy (non-hydrogen) atoms. The maximum Gasteiger partial charge on any atom is 0.194 e. The molecule has 1 aromatic heterocycles. The fraction of sp³-hybridized carbons (Fsp3) is 0.353. The standard InChI is InChI=1S/C17H21ClFN3OS.HI/c1-3-20-17(22(2)11-14-8-9-16(18)24-14)21-10-15(23)12-4-6-13(19)7-5-12;/h4-9,15,23H,3,10-11H2,1-2H3,(H,20,21);1H. The van der Waals surface area contributed by atoms with Crippen LogP contribution in [0, 0.1) is 5.82 Å². The molecule has 2 N–H and O–H groups in total. The van der Waals surface area contributed by atoms with Gasteiger partial charge in [-0.05, 0) is 36.8 Å². The Hall–Kier alpha value is -0.900. The van der Waals surface area contributed by atoms with Gasteiger partial charge >= 0.3 is 0 Å². The number of nitrogens with one attached hydrogen (secondary N) is 1. The zero-order valence-electron chi connectivity index (χ0n) is 14.1. The van der Waals surface area contributed by atoms with Crippen molar-refractivity contribution in [2.75, 3.05) is 20.1 Å². The number of nitrogens with zero attached hydrogens (tertiary/aromatic N) is 2. The number of halogens is 3. The van der Waals surface area contributed by atoms with Crippen LogP contribution in [0.5, 0.6) is 0 Å². The van der Waals surface area contributed by atoms with Crippen LogP contribution in [0.1, 0.15) is 23.5 Å². The van der Waals surface area contributed by atoms with E-state index in [2.05, 4.69) is 10.3 Å². The van der Waals surface area contributed by atoms with E-state index >= 15 is 0 Å². The minimum Gasteiger partial charge on any atom is -0.386 e. The van der Waals surface area contributed by atoms with Gasteiger partial charge in [0.1, 0.15) is 5.82 Å². The molecule has 2 rings (SSSR count). The summed E-state index contributed by atoms with van der Waals surface area (Å²) in [4.78, 5) is 7.58. The summed E-state index contributed by atoms with van der Waals surface area (Å²) in [5.74, 6) is 0.375. The first-order valence-electron chi connectivity index (χ1n) is 7.66. The van der Waals surface area contributed by atoms with E-state index in [0.29, 0.717) is 18.1 Å². The van der Waals surface area contributed by atoms with Crippen LogP contribution >= 0.6 is 46.9 Å². The molecule has 0 fully saturated rings. The second-order valence-corrected chi connectivity index (χ2v) is 7.12. The Kier molecular flexibility index (Phi) is 9.70. The number of aliphatic hydroxyl groups is 1.